The molecule has 2 aromatic rings. The predicted molar refractivity (Wildman–Crippen MR) is 151 cm³/mol. The first-order valence-electron chi connectivity index (χ1n) is 13.2. The number of aliphatic hydroxyl groups is 1. The quantitative estimate of drug-likeness (QED) is 0.467. The van der Waals surface area contributed by atoms with Gasteiger partial charge in [-0.2, -0.15) is 0 Å². The van der Waals surface area contributed by atoms with Crippen molar-refractivity contribution in [2.24, 2.45) is 10.8 Å². The number of nitrogens with one attached hydrogen (secondary N) is 2. The van der Waals surface area contributed by atoms with Crippen molar-refractivity contribution < 1.29 is 19.5 Å². The summed E-state index contributed by atoms with van der Waals surface area (Å²) >= 11 is 1.59. The van der Waals surface area contributed by atoms with Crippen LogP contribution in [-0.2, 0) is 14.4 Å². The number of β-amino-alcohol motifs (C(OH)–C–C–N with tert-alkyl or cyclic N) is 1. The van der Waals surface area contributed by atoms with Gasteiger partial charge in [0.15, 0.2) is 5.78 Å². The van der Waals surface area contributed by atoms with Gasteiger partial charge in [0, 0.05) is 18.4 Å². The summed E-state index contributed by atoms with van der Waals surface area (Å²) in [5, 5.41) is 16.6. The Bertz CT molecular complexity index is 1150. The van der Waals surface area contributed by atoms with Crippen LogP contribution in [0.2, 0.25) is 0 Å². The van der Waals surface area contributed by atoms with Gasteiger partial charge in [-0.05, 0) is 30.4 Å². The van der Waals surface area contributed by atoms with E-state index < -0.39 is 29.0 Å². The van der Waals surface area contributed by atoms with Crippen LogP contribution in [0.1, 0.15) is 72.2 Å². The molecule has 1 aliphatic heterocycles. The van der Waals surface area contributed by atoms with Crippen LogP contribution in [0.4, 0.5) is 0 Å². The van der Waals surface area contributed by atoms with E-state index >= 15 is 0 Å². The second-order valence-corrected chi connectivity index (χ2v) is 13.2. The van der Waals surface area contributed by atoms with Crippen molar-refractivity contribution >= 4 is 28.9 Å². The van der Waals surface area contributed by atoms with Gasteiger partial charge in [-0.3, -0.25) is 19.7 Å². The minimum atomic E-state index is -0.788. The molecule has 9 heteroatoms. The molecule has 208 valence electrons. The van der Waals surface area contributed by atoms with Gasteiger partial charge in [-0.1, -0.05) is 65.8 Å². The first-order chi connectivity index (χ1) is 17.6. The fourth-order valence-electron chi connectivity index (χ4n) is 4.59. The highest BCUT2D eigenvalue weighted by atomic mass is 32.1. The number of benzene rings is 1. The molecule has 0 aliphatic carbocycles. The lowest BCUT2D eigenvalue weighted by Crippen LogP contribution is -2.57. The number of amides is 2. The SMILES string of the molecule is Cc1ncsc1-c1ccc([C@H](C)NC(=O)[C@@H]2C[C@@H](O)CN2C(=O)C(NCC(=O)C(C)(C)C)C(C)(C)C)cc1. The largest absolute Gasteiger partial charge is 0.391 e. The molecule has 0 spiro atoms. The monoisotopic (exact) mass is 542 g/mol. The molecule has 2 heterocycles. The van der Waals surface area contributed by atoms with E-state index in [2.05, 4.69) is 15.6 Å². The molecule has 1 aromatic carbocycles. The van der Waals surface area contributed by atoms with Crippen LogP contribution in [0.5, 0.6) is 0 Å². The van der Waals surface area contributed by atoms with Crippen LogP contribution in [0.3, 0.4) is 0 Å². The molecular formula is C29H42N4O4S. The minimum absolute atomic E-state index is 0.000597. The van der Waals surface area contributed by atoms with E-state index in [4.69, 9.17) is 0 Å². The molecule has 1 saturated heterocycles. The average molecular weight is 543 g/mol. The number of rotatable bonds is 8. The molecule has 4 atom stereocenters. The molecule has 1 aromatic heterocycles. The van der Waals surface area contributed by atoms with E-state index in [1.807, 2.05) is 85.2 Å². The number of thiazole rings is 1. The Kier molecular flexibility index (Phi) is 9.16. The highest BCUT2D eigenvalue weighted by Crippen LogP contribution is 2.29. The van der Waals surface area contributed by atoms with E-state index in [0.717, 1.165) is 21.7 Å². The average Bonchev–Trinajstić information content (AvgIpc) is 3.43. The lowest BCUT2D eigenvalue weighted by molar-refractivity contribution is -0.142. The number of Topliss-reactive ketones (excluding diaryl/α,β-unsaturated/α-hetero) is 1. The van der Waals surface area contributed by atoms with Crippen molar-refractivity contribution in [3.05, 3.63) is 41.0 Å². The first-order valence-corrected chi connectivity index (χ1v) is 14.0. The van der Waals surface area contributed by atoms with Gasteiger partial charge in [-0.15, -0.1) is 11.3 Å². The Hall–Kier alpha value is -2.62. The summed E-state index contributed by atoms with van der Waals surface area (Å²) in [6.45, 7) is 15.3. The number of aliphatic hydroxyl groups excluding tert-OH is 1. The van der Waals surface area contributed by atoms with Gasteiger partial charge in [0.2, 0.25) is 11.8 Å². The molecule has 0 bridgehead atoms. The molecule has 1 aliphatic rings. The Balaban J connectivity index is 1.71. The normalized spacial score (nSPS) is 19.8. The van der Waals surface area contributed by atoms with Crippen LogP contribution >= 0.6 is 11.3 Å². The number of carbonyl (C=O) groups excluding carboxylic acids is 3. The Labute approximate surface area is 230 Å². The number of aromatic nitrogens is 1. The van der Waals surface area contributed by atoms with Gasteiger partial charge in [-0.25, -0.2) is 4.98 Å². The summed E-state index contributed by atoms with van der Waals surface area (Å²) in [6, 6.07) is 6.25. The van der Waals surface area contributed by atoms with Gasteiger partial charge in [0.05, 0.1) is 40.8 Å². The van der Waals surface area contributed by atoms with Crippen molar-refractivity contribution in [1.82, 2.24) is 20.5 Å². The summed E-state index contributed by atoms with van der Waals surface area (Å²) in [4.78, 5) is 46.5. The van der Waals surface area contributed by atoms with Crippen molar-refractivity contribution in [2.45, 2.75) is 86.0 Å². The Morgan fingerprint density at radius 1 is 1.13 bits per heavy atom. The summed E-state index contributed by atoms with van der Waals surface area (Å²) in [6.07, 6.45) is -0.616. The fraction of sp³-hybridized carbons (Fsp3) is 0.586. The second kappa shape index (κ2) is 11.6. The van der Waals surface area contributed by atoms with Crippen molar-refractivity contribution in [3.8, 4) is 10.4 Å². The molecule has 3 N–H and O–H groups in total. The zero-order chi connectivity index (χ0) is 28.4. The number of carbonyl (C=O) groups is 3. The van der Waals surface area contributed by atoms with Crippen LogP contribution in [0.15, 0.2) is 29.8 Å². The third kappa shape index (κ3) is 7.07. The van der Waals surface area contributed by atoms with Gasteiger partial charge in [0.25, 0.3) is 0 Å². The van der Waals surface area contributed by atoms with Crippen molar-refractivity contribution in [1.29, 1.82) is 0 Å². The van der Waals surface area contributed by atoms with Crippen LogP contribution in [0.25, 0.3) is 10.4 Å². The van der Waals surface area contributed by atoms with E-state index in [0.29, 0.717) is 0 Å². The molecule has 1 unspecified atom stereocenters. The number of likely N-dealkylation sites (tertiary alicyclic amines) is 1. The number of ketones is 1. The lowest BCUT2D eigenvalue weighted by Gasteiger charge is -2.36. The molecule has 8 nitrogen and oxygen atoms in total. The first kappa shape index (κ1) is 29.9. The fourth-order valence-corrected chi connectivity index (χ4v) is 5.40. The van der Waals surface area contributed by atoms with Crippen LogP contribution < -0.4 is 10.6 Å². The molecular weight excluding hydrogens is 500 g/mol. The van der Waals surface area contributed by atoms with E-state index in [-0.39, 0.29) is 43.1 Å². The third-order valence-electron chi connectivity index (χ3n) is 7.06. The van der Waals surface area contributed by atoms with Gasteiger partial charge in [0.1, 0.15) is 6.04 Å². The number of hydrogen-bond acceptors (Lipinski definition) is 7. The molecule has 1 fully saturated rings. The number of hydrogen-bond donors (Lipinski definition) is 3. The lowest BCUT2D eigenvalue weighted by atomic mass is 9.84. The van der Waals surface area contributed by atoms with Crippen LogP contribution in [-0.4, -0.2) is 63.9 Å². The maximum Gasteiger partial charge on any atom is 0.243 e. The minimum Gasteiger partial charge on any atom is -0.391 e. The predicted octanol–water partition coefficient (Wildman–Crippen LogP) is 3.88. The number of aryl methyl sites for hydroxylation is 1. The zero-order valence-electron chi connectivity index (χ0n) is 23.8. The second-order valence-electron chi connectivity index (χ2n) is 12.4. The third-order valence-corrected chi connectivity index (χ3v) is 8.04. The summed E-state index contributed by atoms with van der Waals surface area (Å²) < 4.78 is 0. The molecule has 2 amide bonds. The topological polar surface area (TPSA) is 112 Å². The van der Waals surface area contributed by atoms with Crippen LogP contribution in [0, 0.1) is 17.8 Å². The highest BCUT2D eigenvalue weighted by Gasteiger charge is 2.44. The number of nitrogens with zero attached hydrogens (tertiary/aromatic N) is 2. The molecule has 0 saturated carbocycles. The maximum atomic E-state index is 13.7. The standard InChI is InChI=1S/C29H42N4O4S/c1-17(19-9-11-20(12-10-19)24-18(2)31-16-38-24)32-26(36)22-13-21(34)15-33(22)27(37)25(29(6,7)8)30-14-23(35)28(3,4)5/h9-12,16-17,21-22,25,30,34H,13-15H2,1-8H3,(H,32,36)/t17-,21+,22-,25?/m0/s1. The Morgan fingerprint density at radius 2 is 1.76 bits per heavy atom. The van der Waals surface area contributed by atoms with E-state index in [9.17, 15) is 19.5 Å². The summed E-state index contributed by atoms with van der Waals surface area (Å²) in [7, 11) is 0. The smallest absolute Gasteiger partial charge is 0.243 e. The van der Waals surface area contributed by atoms with E-state index in [1.54, 1.807) is 11.3 Å². The molecule has 38 heavy (non-hydrogen) atoms. The van der Waals surface area contributed by atoms with E-state index in [1.165, 1.54) is 4.90 Å². The van der Waals surface area contributed by atoms with Gasteiger partial charge < -0.3 is 15.3 Å². The highest BCUT2D eigenvalue weighted by molar-refractivity contribution is 7.13. The Morgan fingerprint density at radius 3 is 2.29 bits per heavy atom. The van der Waals surface area contributed by atoms with Crippen molar-refractivity contribution in [2.75, 3.05) is 13.1 Å². The molecule has 0 radical (unpaired) electrons. The van der Waals surface area contributed by atoms with Crippen molar-refractivity contribution in [3.63, 3.8) is 0 Å². The summed E-state index contributed by atoms with van der Waals surface area (Å²) in [5.41, 5.74) is 3.80. The summed E-state index contributed by atoms with van der Waals surface area (Å²) in [5.74, 6) is -0.586. The van der Waals surface area contributed by atoms with Gasteiger partial charge >= 0.3 is 0 Å². The maximum absolute atomic E-state index is 13.7. The molecule has 3 rings (SSSR count). The zero-order valence-corrected chi connectivity index (χ0v) is 24.6.